The summed E-state index contributed by atoms with van der Waals surface area (Å²) in [5.41, 5.74) is 2.01. The van der Waals surface area contributed by atoms with Gasteiger partial charge in [0, 0.05) is 22.9 Å². The maximum atomic E-state index is 12.2. The largest absolute Gasteiger partial charge is 0.326 e. The van der Waals surface area contributed by atoms with Crippen LogP contribution in [0.5, 0.6) is 0 Å². The van der Waals surface area contributed by atoms with Crippen molar-refractivity contribution in [2.24, 2.45) is 11.8 Å². The van der Waals surface area contributed by atoms with Crippen molar-refractivity contribution in [1.29, 1.82) is 0 Å². The van der Waals surface area contributed by atoms with E-state index in [4.69, 9.17) is 0 Å². The van der Waals surface area contributed by atoms with Crippen LogP contribution in [0.1, 0.15) is 17.3 Å². The lowest BCUT2D eigenvalue weighted by Crippen LogP contribution is -2.48. The molecule has 6 heteroatoms. The topological polar surface area (TPSA) is 70.2 Å². The molecule has 3 rings (SSSR count). The van der Waals surface area contributed by atoms with Crippen LogP contribution in [-0.4, -0.2) is 24.9 Å². The predicted octanol–water partition coefficient (Wildman–Crippen LogP) is 3.15. The molecule has 2 aromatic carbocycles. The Morgan fingerprint density at radius 2 is 1.56 bits per heavy atom. The van der Waals surface area contributed by atoms with E-state index in [-0.39, 0.29) is 30.1 Å². The molecule has 1 atom stereocenters. The highest BCUT2D eigenvalue weighted by molar-refractivity contribution is 6.04. The van der Waals surface area contributed by atoms with Gasteiger partial charge in [0.1, 0.15) is 0 Å². The maximum Gasteiger partial charge on any atom is 0.255 e. The molecule has 1 aliphatic rings. The number of nitrogens with one attached hydrogen (secondary N) is 3. The SMILES string of the molecule is CC(C(=O)Nc1ccc(C(=O)Nc2ccccc2)cc1)C1CNC1.Cl. The molecule has 2 aromatic rings. The van der Waals surface area contributed by atoms with Gasteiger partial charge in [0.25, 0.3) is 5.91 Å². The van der Waals surface area contributed by atoms with Crippen molar-refractivity contribution >= 4 is 35.6 Å². The van der Waals surface area contributed by atoms with Gasteiger partial charge in [-0.15, -0.1) is 12.4 Å². The average molecular weight is 360 g/mol. The number of anilines is 2. The second kappa shape index (κ2) is 8.65. The lowest BCUT2D eigenvalue weighted by Gasteiger charge is -2.31. The number of benzene rings is 2. The summed E-state index contributed by atoms with van der Waals surface area (Å²) in [5, 5.41) is 8.92. The molecule has 1 fully saturated rings. The van der Waals surface area contributed by atoms with Gasteiger partial charge < -0.3 is 16.0 Å². The fourth-order valence-electron chi connectivity index (χ4n) is 2.56. The van der Waals surface area contributed by atoms with E-state index in [9.17, 15) is 9.59 Å². The van der Waals surface area contributed by atoms with Gasteiger partial charge in [0.2, 0.25) is 5.91 Å². The highest BCUT2D eigenvalue weighted by Crippen LogP contribution is 2.19. The summed E-state index contributed by atoms with van der Waals surface area (Å²) >= 11 is 0. The summed E-state index contributed by atoms with van der Waals surface area (Å²) in [6.07, 6.45) is 0. The van der Waals surface area contributed by atoms with Crippen LogP contribution < -0.4 is 16.0 Å². The van der Waals surface area contributed by atoms with Crippen LogP contribution in [0.4, 0.5) is 11.4 Å². The van der Waals surface area contributed by atoms with Crippen molar-refractivity contribution in [3.8, 4) is 0 Å². The molecule has 1 unspecified atom stereocenters. The quantitative estimate of drug-likeness (QED) is 0.768. The Bertz CT molecular complexity index is 715. The van der Waals surface area contributed by atoms with Gasteiger partial charge in [-0.25, -0.2) is 0 Å². The Morgan fingerprint density at radius 1 is 0.960 bits per heavy atom. The number of carbonyl (C=O) groups is 2. The smallest absolute Gasteiger partial charge is 0.255 e. The molecular formula is C19H22ClN3O2. The fourth-order valence-corrected chi connectivity index (χ4v) is 2.56. The Balaban J connectivity index is 0.00000225. The number of para-hydroxylation sites is 1. The molecule has 0 saturated carbocycles. The first kappa shape index (κ1) is 19.0. The summed E-state index contributed by atoms with van der Waals surface area (Å²) in [4.78, 5) is 24.4. The van der Waals surface area contributed by atoms with Crippen molar-refractivity contribution in [3.63, 3.8) is 0 Å². The Labute approximate surface area is 153 Å². The molecule has 0 radical (unpaired) electrons. The van der Waals surface area contributed by atoms with Gasteiger partial charge in [-0.05, 0) is 55.4 Å². The van der Waals surface area contributed by atoms with E-state index in [2.05, 4.69) is 16.0 Å². The molecule has 1 aliphatic heterocycles. The van der Waals surface area contributed by atoms with Gasteiger partial charge in [0.05, 0.1) is 0 Å². The average Bonchev–Trinajstić information content (AvgIpc) is 2.54. The molecule has 5 nitrogen and oxygen atoms in total. The molecule has 0 spiro atoms. The zero-order valence-corrected chi connectivity index (χ0v) is 14.8. The van der Waals surface area contributed by atoms with E-state index in [0.29, 0.717) is 17.2 Å². The molecule has 1 heterocycles. The van der Waals surface area contributed by atoms with E-state index >= 15 is 0 Å². The van der Waals surface area contributed by atoms with Crippen molar-refractivity contribution in [3.05, 3.63) is 60.2 Å². The summed E-state index contributed by atoms with van der Waals surface area (Å²) < 4.78 is 0. The molecule has 0 aromatic heterocycles. The fraction of sp³-hybridized carbons (Fsp3) is 0.263. The molecule has 2 amide bonds. The first-order chi connectivity index (χ1) is 11.6. The van der Waals surface area contributed by atoms with Crippen LogP contribution in [0.3, 0.4) is 0 Å². The number of carbonyl (C=O) groups excluding carboxylic acids is 2. The first-order valence-corrected chi connectivity index (χ1v) is 8.11. The molecule has 0 aliphatic carbocycles. The molecule has 0 bridgehead atoms. The van der Waals surface area contributed by atoms with Gasteiger partial charge in [-0.1, -0.05) is 25.1 Å². The zero-order chi connectivity index (χ0) is 16.9. The predicted molar refractivity (Wildman–Crippen MR) is 102 cm³/mol. The lowest BCUT2D eigenvalue weighted by atomic mass is 9.88. The van der Waals surface area contributed by atoms with Crippen LogP contribution in [0.15, 0.2) is 54.6 Å². The Hall–Kier alpha value is -2.37. The van der Waals surface area contributed by atoms with E-state index in [0.717, 1.165) is 18.8 Å². The number of amides is 2. The summed E-state index contributed by atoms with van der Waals surface area (Å²) in [7, 11) is 0. The second-order valence-electron chi connectivity index (χ2n) is 6.09. The third kappa shape index (κ3) is 4.81. The first-order valence-electron chi connectivity index (χ1n) is 8.11. The monoisotopic (exact) mass is 359 g/mol. The van der Waals surface area contributed by atoms with Gasteiger partial charge >= 0.3 is 0 Å². The lowest BCUT2D eigenvalue weighted by molar-refractivity contribution is -0.121. The minimum Gasteiger partial charge on any atom is -0.326 e. The van der Waals surface area contributed by atoms with Crippen LogP contribution >= 0.6 is 12.4 Å². The second-order valence-corrected chi connectivity index (χ2v) is 6.09. The minimum absolute atomic E-state index is 0. The van der Waals surface area contributed by atoms with Crippen LogP contribution in [-0.2, 0) is 4.79 Å². The maximum absolute atomic E-state index is 12.2. The molecule has 1 saturated heterocycles. The highest BCUT2D eigenvalue weighted by atomic mass is 35.5. The Morgan fingerprint density at radius 3 is 2.12 bits per heavy atom. The molecule has 25 heavy (non-hydrogen) atoms. The minimum atomic E-state index is -0.173. The summed E-state index contributed by atoms with van der Waals surface area (Å²) in [6.45, 7) is 3.74. The molecule has 3 N–H and O–H groups in total. The van der Waals surface area contributed by atoms with Crippen molar-refractivity contribution in [2.45, 2.75) is 6.92 Å². The summed E-state index contributed by atoms with van der Waals surface area (Å²) in [5.74, 6) is 0.226. The highest BCUT2D eigenvalue weighted by Gasteiger charge is 2.28. The van der Waals surface area contributed by atoms with Crippen LogP contribution in [0, 0.1) is 11.8 Å². The van der Waals surface area contributed by atoms with Crippen LogP contribution in [0.2, 0.25) is 0 Å². The zero-order valence-electron chi connectivity index (χ0n) is 14.0. The van der Waals surface area contributed by atoms with E-state index in [1.807, 2.05) is 37.3 Å². The summed E-state index contributed by atoms with van der Waals surface area (Å²) in [6, 6.07) is 16.2. The van der Waals surface area contributed by atoms with Crippen LogP contribution in [0.25, 0.3) is 0 Å². The molecular weight excluding hydrogens is 338 g/mol. The standard InChI is InChI=1S/C19H21N3O2.ClH/c1-13(15-11-20-12-15)18(23)21-17-9-7-14(8-10-17)19(24)22-16-5-3-2-4-6-16;/h2-10,13,15,20H,11-12H2,1H3,(H,21,23)(H,22,24);1H. The number of hydrogen-bond donors (Lipinski definition) is 3. The number of hydrogen-bond acceptors (Lipinski definition) is 3. The van der Waals surface area contributed by atoms with Crippen molar-refractivity contribution < 1.29 is 9.59 Å². The third-order valence-corrected chi connectivity index (χ3v) is 4.38. The number of halogens is 1. The third-order valence-electron chi connectivity index (χ3n) is 4.38. The normalized spacial score (nSPS) is 14.6. The van der Waals surface area contributed by atoms with E-state index < -0.39 is 0 Å². The van der Waals surface area contributed by atoms with Gasteiger partial charge in [-0.3, -0.25) is 9.59 Å². The molecule has 132 valence electrons. The van der Waals surface area contributed by atoms with Crippen molar-refractivity contribution in [1.82, 2.24) is 5.32 Å². The van der Waals surface area contributed by atoms with Gasteiger partial charge in [0.15, 0.2) is 0 Å². The van der Waals surface area contributed by atoms with E-state index in [1.165, 1.54) is 0 Å². The number of rotatable bonds is 5. The Kier molecular flexibility index (Phi) is 6.56. The van der Waals surface area contributed by atoms with Crippen molar-refractivity contribution in [2.75, 3.05) is 23.7 Å². The van der Waals surface area contributed by atoms with Gasteiger partial charge in [-0.2, -0.15) is 0 Å². The van der Waals surface area contributed by atoms with E-state index in [1.54, 1.807) is 24.3 Å².